The number of rotatable bonds is 5. The van der Waals surface area contributed by atoms with Gasteiger partial charge in [-0.1, -0.05) is 12.1 Å². The fourth-order valence-electron chi connectivity index (χ4n) is 2.90. The van der Waals surface area contributed by atoms with Crippen LogP contribution in [0.1, 0.15) is 10.4 Å². The molecule has 0 radical (unpaired) electrons. The van der Waals surface area contributed by atoms with Crippen LogP contribution in [0.15, 0.2) is 53.4 Å². The molecule has 27 heavy (non-hydrogen) atoms. The highest BCUT2D eigenvalue weighted by atomic mass is 32.2. The zero-order chi connectivity index (χ0) is 19.4. The van der Waals surface area contributed by atoms with Crippen LogP contribution in [0.25, 0.3) is 0 Å². The fraction of sp³-hybridized carbons (Fsp3) is 0.316. The largest absolute Gasteiger partial charge is 0.495 e. The van der Waals surface area contributed by atoms with Gasteiger partial charge < -0.3 is 14.5 Å². The minimum Gasteiger partial charge on any atom is -0.495 e. The van der Waals surface area contributed by atoms with E-state index in [1.54, 1.807) is 41.3 Å². The first-order valence-corrected chi connectivity index (χ1v) is 10.1. The summed E-state index contributed by atoms with van der Waals surface area (Å²) >= 11 is 0. The van der Waals surface area contributed by atoms with Crippen LogP contribution in [0.3, 0.4) is 0 Å². The molecule has 144 valence electrons. The summed E-state index contributed by atoms with van der Waals surface area (Å²) in [5, 5.41) is 0. The van der Waals surface area contributed by atoms with Crippen LogP contribution in [-0.4, -0.2) is 64.5 Å². The minimum absolute atomic E-state index is 0.0789. The molecule has 8 heteroatoms. The minimum atomic E-state index is -3.78. The van der Waals surface area contributed by atoms with E-state index < -0.39 is 10.0 Å². The Morgan fingerprint density at radius 2 is 1.63 bits per heavy atom. The highest BCUT2D eigenvalue weighted by molar-refractivity contribution is 7.92. The van der Waals surface area contributed by atoms with Crippen molar-refractivity contribution in [2.45, 2.75) is 4.90 Å². The van der Waals surface area contributed by atoms with Crippen LogP contribution in [0.5, 0.6) is 5.75 Å². The number of carbonyl (C=O) groups is 1. The van der Waals surface area contributed by atoms with Crippen molar-refractivity contribution in [2.75, 3.05) is 45.1 Å². The van der Waals surface area contributed by atoms with Gasteiger partial charge in [-0.2, -0.15) is 0 Å². The first-order chi connectivity index (χ1) is 12.9. The molecule has 0 unspecified atom stereocenters. The van der Waals surface area contributed by atoms with E-state index in [0.29, 0.717) is 30.1 Å². The lowest BCUT2D eigenvalue weighted by atomic mass is 10.2. The van der Waals surface area contributed by atoms with Crippen molar-refractivity contribution in [3.8, 4) is 5.75 Å². The number of anilines is 1. The average molecular weight is 389 g/mol. The van der Waals surface area contributed by atoms with Crippen molar-refractivity contribution in [3.63, 3.8) is 0 Å². The third kappa shape index (κ3) is 4.40. The Labute approximate surface area is 159 Å². The maximum absolute atomic E-state index is 12.6. The second-order valence-electron chi connectivity index (χ2n) is 6.43. The molecule has 0 atom stereocenters. The third-order valence-electron chi connectivity index (χ3n) is 4.55. The van der Waals surface area contributed by atoms with Crippen molar-refractivity contribution in [3.05, 3.63) is 54.1 Å². The molecule has 2 aromatic carbocycles. The van der Waals surface area contributed by atoms with Gasteiger partial charge in [-0.15, -0.1) is 0 Å². The molecule has 3 rings (SSSR count). The van der Waals surface area contributed by atoms with E-state index in [9.17, 15) is 13.2 Å². The first-order valence-electron chi connectivity index (χ1n) is 8.64. The third-order valence-corrected chi connectivity index (χ3v) is 5.93. The number of para-hydroxylation sites is 2. The second kappa shape index (κ2) is 7.98. The SMILES string of the molecule is COc1ccccc1NS(=O)(=O)c1ccc(C(=O)N2CCN(C)CC2)cc1. The summed E-state index contributed by atoms with van der Waals surface area (Å²) in [6, 6.07) is 12.8. The summed E-state index contributed by atoms with van der Waals surface area (Å²) < 4.78 is 32.9. The lowest BCUT2D eigenvalue weighted by Gasteiger charge is -2.32. The summed E-state index contributed by atoms with van der Waals surface area (Å²) in [7, 11) is -0.280. The van der Waals surface area contributed by atoms with Crippen molar-refractivity contribution in [1.82, 2.24) is 9.80 Å². The number of nitrogens with zero attached hydrogens (tertiary/aromatic N) is 2. The Bertz CT molecular complexity index is 905. The van der Waals surface area contributed by atoms with E-state index in [1.165, 1.54) is 19.2 Å². The number of piperazine rings is 1. The Hall–Kier alpha value is -2.58. The molecule has 1 amide bonds. The summed E-state index contributed by atoms with van der Waals surface area (Å²) in [6.45, 7) is 3.01. The molecule has 7 nitrogen and oxygen atoms in total. The molecule has 0 saturated carbocycles. The molecule has 1 N–H and O–H groups in total. The van der Waals surface area contributed by atoms with Crippen molar-refractivity contribution in [2.24, 2.45) is 0 Å². The average Bonchev–Trinajstić information content (AvgIpc) is 2.68. The monoisotopic (exact) mass is 389 g/mol. The van der Waals surface area contributed by atoms with Crippen LogP contribution >= 0.6 is 0 Å². The van der Waals surface area contributed by atoms with Crippen molar-refractivity contribution >= 4 is 21.6 Å². The topological polar surface area (TPSA) is 78.9 Å². The van der Waals surface area contributed by atoms with Crippen LogP contribution in [0.2, 0.25) is 0 Å². The summed E-state index contributed by atoms with van der Waals surface area (Å²) in [5.74, 6) is 0.354. The van der Waals surface area contributed by atoms with E-state index in [0.717, 1.165) is 13.1 Å². The van der Waals surface area contributed by atoms with Gasteiger partial charge in [0.1, 0.15) is 5.75 Å². The van der Waals surface area contributed by atoms with Gasteiger partial charge in [-0.3, -0.25) is 9.52 Å². The lowest BCUT2D eigenvalue weighted by molar-refractivity contribution is 0.0664. The molecule has 0 spiro atoms. The molecule has 0 aromatic heterocycles. The second-order valence-corrected chi connectivity index (χ2v) is 8.11. The summed E-state index contributed by atoms with van der Waals surface area (Å²) in [6.07, 6.45) is 0. The molecule has 0 aliphatic carbocycles. The van der Waals surface area contributed by atoms with Gasteiger partial charge >= 0.3 is 0 Å². The van der Waals surface area contributed by atoms with E-state index in [4.69, 9.17) is 4.74 Å². The van der Waals surface area contributed by atoms with Gasteiger partial charge in [0.15, 0.2) is 0 Å². The van der Waals surface area contributed by atoms with Crippen LogP contribution < -0.4 is 9.46 Å². The number of hydrogen-bond donors (Lipinski definition) is 1. The maximum atomic E-state index is 12.6. The van der Waals surface area contributed by atoms with E-state index in [-0.39, 0.29) is 10.8 Å². The number of nitrogens with one attached hydrogen (secondary N) is 1. The zero-order valence-corrected chi connectivity index (χ0v) is 16.2. The Morgan fingerprint density at radius 3 is 2.26 bits per heavy atom. The number of amides is 1. The van der Waals surface area contributed by atoms with E-state index in [1.807, 2.05) is 7.05 Å². The maximum Gasteiger partial charge on any atom is 0.262 e. The standard InChI is InChI=1S/C19H23N3O4S/c1-21-11-13-22(14-12-21)19(23)15-7-9-16(10-8-15)27(24,25)20-17-5-3-4-6-18(17)26-2/h3-10,20H,11-14H2,1-2H3. The van der Waals surface area contributed by atoms with Crippen LogP contribution in [0.4, 0.5) is 5.69 Å². The highest BCUT2D eigenvalue weighted by Gasteiger charge is 2.21. The highest BCUT2D eigenvalue weighted by Crippen LogP contribution is 2.26. The van der Waals surface area contributed by atoms with Gasteiger partial charge in [-0.05, 0) is 43.4 Å². The molecule has 2 aromatic rings. The molecule has 1 aliphatic heterocycles. The molecule has 1 aliphatic rings. The number of hydrogen-bond acceptors (Lipinski definition) is 5. The lowest BCUT2D eigenvalue weighted by Crippen LogP contribution is -2.47. The molecular weight excluding hydrogens is 366 g/mol. The Kier molecular flexibility index (Phi) is 5.67. The number of methoxy groups -OCH3 is 1. The molecule has 0 bridgehead atoms. The summed E-state index contributed by atoms with van der Waals surface area (Å²) in [5.41, 5.74) is 0.841. The number of likely N-dealkylation sites (N-methyl/N-ethyl adjacent to an activating group) is 1. The van der Waals surface area contributed by atoms with Gasteiger partial charge in [0.25, 0.3) is 15.9 Å². The normalized spacial score (nSPS) is 15.4. The van der Waals surface area contributed by atoms with Gasteiger partial charge in [-0.25, -0.2) is 8.42 Å². The number of carbonyl (C=O) groups excluding carboxylic acids is 1. The van der Waals surface area contributed by atoms with Crippen LogP contribution in [-0.2, 0) is 10.0 Å². The van der Waals surface area contributed by atoms with Crippen molar-refractivity contribution < 1.29 is 17.9 Å². The Morgan fingerprint density at radius 1 is 1.00 bits per heavy atom. The van der Waals surface area contributed by atoms with Crippen molar-refractivity contribution in [1.29, 1.82) is 0 Å². The van der Waals surface area contributed by atoms with Gasteiger partial charge in [0.05, 0.1) is 17.7 Å². The van der Waals surface area contributed by atoms with Gasteiger partial charge in [0.2, 0.25) is 0 Å². The van der Waals surface area contributed by atoms with Crippen LogP contribution in [0, 0.1) is 0 Å². The number of benzene rings is 2. The zero-order valence-electron chi connectivity index (χ0n) is 15.4. The van der Waals surface area contributed by atoms with Gasteiger partial charge in [0, 0.05) is 31.7 Å². The molecular formula is C19H23N3O4S. The predicted molar refractivity (Wildman–Crippen MR) is 104 cm³/mol. The molecule has 1 fully saturated rings. The molecule has 1 saturated heterocycles. The van der Waals surface area contributed by atoms with E-state index >= 15 is 0 Å². The number of sulfonamides is 1. The predicted octanol–water partition coefficient (Wildman–Crippen LogP) is 1.88. The van der Waals surface area contributed by atoms with E-state index in [2.05, 4.69) is 9.62 Å². The Balaban J connectivity index is 1.75. The fourth-order valence-corrected chi connectivity index (χ4v) is 3.97. The number of ether oxygens (including phenoxy) is 1. The first kappa shape index (κ1) is 19.2. The quantitative estimate of drug-likeness (QED) is 0.845. The molecule has 1 heterocycles. The smallest absolute Gasteiger partial charge is 0.262 e. The summed E-state index contributed by atoms with van der Waals surface area (Å²) in [4.78, 5) is 16.6.